The van der Waals surface area contributed by atoms with Crippen molar-refractivity contribution in [2.45, 2.75) is 309 Å². The van der Waals surface area contributed by atoms with Gasteiger partial charge in [-0.2, -0.15) is 0 Å². The SMILES string of the molecule is CCCCC/C=C\C/C=C\CCCCCCCCCCCC(=O)NC(COP(=O)(O)OCC[N+](C)(C)C)C(O)/C=C/CC/C=C/CCCCCCCCCCCCCCCCCCCCCCCCCCC. The number of carbonyl (C=O) groups is 1. The molecule has 0 aliphatic rings. The molecule has 424 valence electrons. The van der Waals surface area contributed by atoms with Crippen molar-refractivity contribution in [3.8, 4) is 0 Å². The minimum Gasteiger partial charge on any atom is -0.387 e. The number of likely N-dealkylation sites (N-methyl/N-ethyl adjacent to an activating group) is 1. The number of carbonyl (C=O) groups excluding carboxylic acids is 1. The number of amides is 1. The minimum atomic E-state index is -4.36. The van der Waals surface area contributed by atoms with Gasteiger partial charge in [0.05, 0.1) is 39.9 Å². The maximum atomic E-state index is 13.0. The molecule has 3 unspecified atom stereocenters. The highest BCUT2D eigenvalue weighted by Gasteiger charge is 2.27. The van der Waals surface area contributed by atoms with Crippen LogP contribution in [-0.4, -0.2) is 73.4 Å². The first-order chi connectivity index (χ1) is 35.0. The van der Waals surface area contributed by atoms with Crippen LogP contribution in [0.15, 0.2) is 48.6 Å². The average molecular weight is 1030 g/mol. The van der Waals surface area contributed by atoms with Crippen LogP contribution in [0.3, 0.4) is 0 Å². The van der Waals surface area contributed by atoms with Crippen molar-refractivity contribution in [3.63, 3.8) is 0 Å². The zero-order valence-electron chi connectivity index (χ0n) is 48.4. The van der Waals surface area contributed by atoms with Crippen LogP contribution in [0, 0.1) is 0 Å². The first-order valence-corrected chi connectivity index (χ1v) is 32.5. The lowest BCUT2D eigenvalue weighted by atomic mass is 10.0. The normalized spacial score (nSPS) is 14.2. The number of allylic oxidation sites excluding steroid dienone is 7. The molecule has 0 saturated carbocycles. The van der Waals surface area contributed by atoms with Crippen molar-refractivity contribution in [1.82, 2.24) is 5.32 Å². The molecule has 72 heavy (non-hydrogen) atoms. The number of phosphoric ester groups is 1. The van der Waals surface area contributed by atoms with Gasteiger partial charge in [-0.1, -0.05) is 274 Å². The van der Waals surface area contributed by atoms with E-state index in [1.165, 1.54) is 231 Å². The van der Waals surface area contributed by atoms with Crippen molar-refractivity contribution in [3.05, 3.63) is 48.6 Å². The number of rotatable bonds is 57. The molecule has 0 rings (SSSR count). The smallest absolute Gasteiger partial charge is 0.387 e. The van der Waals surface area contributed by atoms with Gasteiger partial charge >= 0.3 is 7.82 Å². The highest BCUT2D eigenvalue weighted by atomic mass is 31.2. The third kappa shape index (κ3) is 56.2. The number of unbranched alkanes of at least 4 members (excludes halogenated alkanes) is 38. The quantitative estimate of drug-likeness (QED) is 0.0243. The van der Waals surface area contributed by atoms with E-state index in [2.05, 4.69) is 55.6 Å². The molecule has 0 aromatic heterocycles. The lowest BCUT2D eigenvalue weighted by molar-refractivity contribution is -0.870. The molecular weight excluding hydrogens is 912 g/mol. The van der Waals surface area contributed by atoms with Gasteiger partial charge in [-0.15, -0.1) is 0 Å². The number of aliphatic hydroxyl groups is 1. The van der Waals surface area contributed by atoms with Crippen molar-refractivity contribution in [1.29, 1.82) is 0 Å². The van der Waals surface area contributed by atoms with Crippen LogP contribution in [0.25, 0.3) is 0 Å². The fourth-order valence-corrected chi connectivity index (χ4v) is 9.89. The Labute approximate surface area is 448 Å². The molecule has 0 heterocycles. The van der Waals surface area contributed by atoms with Gasteiger partial charge in [0.2, 0.25) is 5.91 Å². The van der Waals surface area contributed by atoms with Gasteiger partial charge < -0.3 is 19.8 Å². The predicted molar refractivity (Wildman–Crippen MR) is 314 cm³/mol. The summed E-state index contributed by atoms with van der Waals surface area (Å²) in [7, 11) is 1.56. The van der Waals surface area contributed by atoms with Crippen LogP contribution in [-0.2, 0) is 18.4 Å². The standard InChI is InChI=1S/C63H121N2O6P/c1-6-8-10-12-14-16-18-20-22-24-26-27-28-29-30-31-32-33-34-35-36-37-39-40-42-44-46-48-50-52-54-56-62(66)61(60-71-72(68,69)70-59-58-65(3,4)5)64-63(67)57-55-53-51-49-47-45-43-41-38-25-23-21-19-17-15-13-11-9-7-2/h15,17,21,23,46,48,54,56,61-62,66H,6-14,16,18-20,22,24-45,47,49-53,55,57-60H2,1-5H3,(H-,64,67,68,69)/p+1/b17-15-,23-21-,48-46+,56-54+. The molecule has 8 nitrogen and oxygen atoms in total. The van der Waals surface area contributed by atoms with E-state index >= 15 is 0 Å². The number of quaternary nitrogens is 1. The van der Waals surface area contributed by atoms with Gasteiger partial charge in [-0.3, -0.25) is 13.8 Å². The second-order valence-corrected chi connectivity index (χ2v) is 23.9. The number of aliphatic hydroxyl groups excluding tert-OH is 1. The summed E-state index contributed by atoms with van der Waals surface area (Å²) in [6, 6.07) is -0.868. The molecule has 9 heteroatoms. The van der Waals surface area contributed by atoms with Crippen LogP contribution in [0.1, 0.15) is 296 Å². The van der Waals surface area contributed by atoms with Crippen LogP contribution in [0.5, 0.6) is 0 Å². The molecule has 0 fully saturated rings. The maximum absolute atomic E-state index is 13.0. The molecule has 0 aromatic carbocycles. The van der Waals surface area contributed by atoms with E-state index in [-0.39, 0.29) is 19.1 Å². The van der Waals surface area contributed by atoms with E-state index < -0.39 is 20.0 Å². The lowest BCUT2D eigenvalue weighted by Crippen LogP contribution is -2.45. The third-order valence-electron chi connectivity index (χ3n) is 14.0. The van der Waals surface area contributed by atoms with Gasteiger partial charge in [-0.05, 0) is 64.2 Å². The largest absolute Gasteiger partial charge is 0.472 e. The zero-order valence-corrected chi connectivity index (χ0v) is 49.3. The summed E-state index contributed by atoms with van der Waals surface area (Å²) in [6.07, 6.45) is 72.4. The van der Waals surface area contributed by atoms with E-state index in [1.807, 2.05) is 27.2 Å². The summed E-state index contributed by atoms with van der Waals surface area (Å²) in [5, 5.41) is 13.9. The topological polar surface area (TPSA) is 105 Å². The fourth-order valence-electron chi connectivity index (χ4n) is 9.15. The molecule has 0 saturated heterocycles. The van der Waals surface area contributed by atoms with Crippen LogP contribution >= 0.6 is 7.82 Å². The summed E-state index contributed by atoms with van der Waals surface area (Å²) in [4.78, 5) is 23.3. The number of hydrogen-bond acceptors (Lipinski definition) is 5. The second kappa shape index (κ2) is 54.3. The van der Waals surface area contributed by atoms with E-state index in [1.54, 1.807) is 6.08 Å². The Morgan fingerprint density at radius 2 is 0.806 bits per heavy atom. The summed E-state index contributed by atoms with van der Waals surface area (Å²) in [5.41, 5.74) is 0. The van der Waals surface area contributed by atoms with Crippen molar-refractivity contribution >= 4 is 13.7 Å². The Hall–Kier alpha value is -1.54. The Balaban J connectivity index is 4.15. The summed E-state index contributed by atoms with van der Waals surface area (Å²) >= 11 is 0. The molecule has 0 aliphatic heterocycles. The van der Waals surface area contributed by atoms with E-state index in [4.69, 9.17) is 9.05 Å². The van der Waals surface area contributed by atoms with Gasteiger partial charge in [-0.25, -0.2) is 4.57 Å². The summed E-state index contributed by atoms with van der Waals surface area (Å²) in [5.74, 6) is -0.189. The van der Waals surface area contributed by atoms with Crippen molar-refractivity contribution in [2.75, 3.05) is 40.9 Å². The van der Waals surface area contributed by atoms with Gasteiger partial charge in [0.25, 0.3) is 0 Å². The maximum Gasteiger partial charge on any atom is 0.472 e. The van der Waals surface area contributed by atoms with Gasteiger partial charge in [0.1, 0.15) is 13.2 Å². The van der Waals surface area contributed by atoms with Crippen LogP contribution < -0.4 is 5.32 Å². The molecule has 1 amide bonds. The Bertz CT molecular complexity index is 1310. The van der Waals surface area contributed by atoms with Crippen LogP contribution in [0.4, 0.5) is 0 Å². The predicted octanol–water partition coefficient (Wildman–Crippen LogP) is 19.1. The second-order valence-electron chi connectivity index (χ2n) is 22.4. The van der Waals surface area contributed by atoms with E-state index in [0.717, 1.165) is 44.9 Å². The molecule has 0 spiro atoms. The minimum absolute atomic E-state index is 0.0547. The number of nitrogens with one attached hydrogen (secondary N) is 1. The van der Waals surface area contributed by atoms with E-state index in [0.29, 0.717) is 17.4 Å². The van der Waals surface area contributed by atoms with Crippen LogP contribution in [0.2, 0.25) is 0 Å². The fraction of sp³-hybridized carbons (Fsp3) is 0.857. The molecule has 0 aliphatic carbocycles. The Morgan fingerprint density at radius 1 is 0.472 bits per heavy atom. The van der Waals surface area contributed by atoms with E-state index in [9.17, 15) is 19.4 Å². The highest BCUT2D eigenvalue weighted by Crippen LogP contribution is 2.43. The molecule has 0 bridgehead atoms. The molecule has 3 N–H and O–H groups in total. The summed E-state index contributed by atoms with van der Waals surface area (Å²) in [6.45, 7) is 4.80. The van der Waals surface area contributed by atoms with Crippen molar-refractivity contribution < 1.29 is 32.9 Å². The first-order valence-electron chi connectivity index (χ1n) is 31.0. The number of nitrogens with zero attached hydrogens (tertiary/aromatic N) is 1. The summed E-state index contributed by atoms with van der Waals surface area (Å²) < 4.78 is 23.7. The lowest BCUT2D eigenvalue weighted by Gasteiger charge is -2.25. The van der Waals surface area contributed by atoms with Gasteiger partial charge in [0, 0.05) is 6.42 Å². The first kappa shape index (κ1) is 70.5. The number of phosphoric acid groups is 1. The highest BCUT2D eigenvalue weighted by molar-refractivity contribution is 7.47. The Morgan fingerprint density at radius 3 is 1.22 bits per heavy atom. The average Bonchev–Trinajstić information content (AvgIpc) is 3.34. The molecule has 3 atom stereocenters. The molecular formula is C63H122N2O6P+. The van der Waals surface area contributed by atoms with Crippen molar-refractivity contribution in [2.24, 2.45) is 0 Å². The molecule has 0 radical (unpaired) electrons. The third-order valence-corrected chi connectivity index (χ3v) is 15.0. The molecule has 0 aromatic rings. The monoisotopic (exact) mass is 1030 g/mol. The van der Waals surface area contributed by atoms with Gasteiger partial charge in [0.15, 0.2) is 0 Å². The number of hydrogen-bond donors (Lipinski definition) is 3. The Kier molecular flexibility index (Phi) is 53.1. The zero-order chi connectivity index (χ0) is 52.7.